The van der Waals surface area contributed by atoms with Crippen LogP contribution in [-0.2, 0) is 16.4 Å². The molecule has 37 heavy (non-hydrogen) atoms. The summed E-state index contributed by atoms with van der Waals surface area (Å²) in [5.41, 5.74) is 1.36. The number of aromatic nitrogens is 4. The van der Waals surface area contributed by atoms with Gasteiger partial charge in [0.1, 0.15) is 17.5 Å². The molecule has 0 spiro atoms. The van der Waals surface area contributed by atoms with Crippen LogP contribution >= 0.6 is 0 Å². The van der Waals surface area contributed by atoms with Crippen LogP contribution in [0.5, 0.6) is 0 Å². The highest BCUT2D eigenvalue weighted by molar-refractivity contribution is 7.89. The number of halogens is 1. The predicted molar refractivity (Wildman–Crippen MR) is 135 cm³/mol. The van der Waals surface area contributed by atoms with Crippen molar-refractivity contribution in [3.8, 4) is 11.3 Å². The maximum Gasteiger partial charge on any atom is 0.404 e. The van der Waals surface area contributed by atoms with E-state index in [-0.39, 0.29) is 24.7 Å². The number of carboxylic acid groups (broad SMARTS) is 1. The number of carbonyl (C=O) groups is 1. The lowest BCUT2D eigenvalue weighted by Gasteiger charge is -2.35. The molecule has 1 amide bonds. The van der Waals surface area contributed by atoms with E-state index in [0.717, 1.165) is 5.56 Å². The fourth-order valence-electron chi connectivity index (χ4n) is 4.15. The Morgan fingerprint density at radius 1 is 1.03 bits per heavy atom. The lowest BCUT2D eigenvalue weighted by Crippen LogP contribution is -2.51. The quantitative estimate of drug-likeness (QED) is 0.404. The highest BCUT2D eigenvalue weighted by Gasteiger charge is 2.30. The Hall–Kier alpha value is -3.71. The first-order valence-electron chi connectivity index (χ1n) is 11.9. The van der Waals surface area contributed by atoms with Gasteiger partial charge in [-0.15, -0.1) is 0 Å². The topological polar surface area (TPSA) is 142 Å². The molecule has 11 nitrogen and oxygen atoms in total. The monoisotopic (exact) mass is 529 g/mol. The second kappa shape index (κ2) is 12.0. The molecule has 2 aromatic heterocycles. The molecular formula is C24H28FN7O4S. The standard InChI is InChI=1S/C24H28FN7O4S/c25-19-7-5-18(6-8-19)21-15-29-23(16-28-21)31-11-13-32(14-12-31)37(35,36)17-20(30-24(33)34)3-1-4-22-26-9-2-10-27-22/h2,5-10,15-16,20,30H,1,3-4,11-14,17H2,(H,33,34). The Morgan fingerprint density at radius 2 is 1.73 bits per heavy atom. The molecule has 13 heteroatoms. The second-order valence-electron chi connectivity index (χ2n) is 8.64. The van der Waals surface area contributed by atoms with Crippen molar-refractivity contribution in [2.45, 2.75) is 25.3 Å². The number of nitrogens with one attached hydrogen (secondary N) is 1. The van der Waals surface area contributed by atoms with Gasteiger partial charge in [0.15, 0.2) is 0 Å². The number of nitrogens with zero attached hydrogens (tertiary/aromatic N) is 6. The summed E-state index contributed by atoms with van der Waals surface area (Å²) in [6.07, 6.45) is 6.64. The van der Waals surface area contributed by atoms with Gasteiger partial charge >= 0.3 is 6.09 Å². The molecule has 3 heterocycles. The first-order chi connectivity index (χ1) is 17.8. The summed E-state index contributed by atoms with van der Waals surface area (Å²) in [6, 6.07) is 6.95. The van der Waals surface area contributed by atoms with Crippen molar-refractivity contribution in [3.05, 3.63) is 66.8 Å². The second-order valence-corrected chi connectivity index (χ2v) is 10.6. The molecule has 1 saturated heterocycles. The fraction of sp³-hybridized carbons (Fsp3) is 0.375. The Balaban J connectivity index is 1.31. The van der Waals surface area contributed by atoms with Crippen molar-refractivity contribution < 1.29 is 22.7 Å². The third-order valence-electron chi connectivity index (χ3n) is 6.05. The summed E-state index contributed by atoms with van der Waals surface area (Å²) in [5.74, 6) is 0.606. The van der Waals surface area contributed by atoms with E-state index < -0.39 is 22.2 Å². The maximum absolute atomic E-state index is 13.1. The number of hydrogen-bond donors (Lipinski definition) is 2. The van der Waals surface area contributed by atoms with Gasteiger partial charge in [0.05, 0.1) is 23.8 Å². The van der Waals surface area contributed by atoms with E-state index in [9.17, 15) is 22.7 Å². The molecule has 1 unspecified atom stereocenters. The Morgan fingerprint density at radius 3 is 2.35 bits per heavy atom. The molecule has 1 aromatic carbocycles. The van der Waals surface area contributed by atoms with Crippen LogP contribution < -0.4 is 10.2 Å². The van der Waals surface area contributed by atoms with Crippen molar-refractivity contribution in [3.63, 3.8) is 0 Å². The zero-order valence-corrected chi connectivity index (χ0v) is 20.9. The minimum absolute atomic E-state index is 0.251. The molecule has 1 aliphatic heterocycles. The van der Waals surface area contributed by atoms with Crippen molar-refractivity contribution in [1.82, 2.24) is 29.6 Å². The largest absolute Gasteiger partial charge is 0.465 e. The SMILES string of the molecule is O=C(O)NC(CCCc1ncccn1)CS(=O)(=O)N1CCN(c2cnc(-c3ccc(F)cc3)cn2)CC1. The summed E-state index contributed by atoms with van der Waals surface area (Å²) >= 11 is 0. The van der Waals surface area contributed by atoms with Crippen molar-refractivity contribution >= 4 is 21.9 Å². The van der Waals surface area contributed by atoms with Gasteiger partial charge in [-0.2, -0.15) is 4.31 Å². The molecule has 1 atom stereocenters. The zero-order chi connectivity index (χ0) is 26.3. The molecule has 0 bridgehead atoms. The van der Waals surface area contributed by atoms with Gasteiger partial charge in [0.25, 0.3) is 0 Å². The van der Waals surface area contributed by atoms with Crippen molar-refractivity contribution in [2.24, 2.45) is 0 Å². The summed E-state index contributed by atoms with van der Waals surface area (Å²) < 4.78 is 40.7. The van der Waals surface area contributed by atoms with Crippen LogP contribution in [0.1, 0.15) is 18.7 Å². The predicted octanol–water partition coefficient (Wildman–Crippen LogP) is 2.18. The van der Waals surface area contributed by atoms with E-state index in [4.69, 9.17) is 0 Å². The first-order valence-corrected chi connectivity index (χ1v) is 13.5. The third kappa shape index (κ3) is 7.40. The number of rotatable bonds is 10. The van der Waals surface area contributed by atoms with Crippen LogP contribution in [0.15, 0.2) is 55.1 Å². The number of benzene rings is 1. The molecule has 2 N–H and O–H groups in total. The van der Waals surface area contributed by atoms with Crippen LogP contribution in [0.3, 0.4) is 0 Å². The third-order valence-corrected chi connectivity index (χ3v) is 8.02. The van der Waals surface area contributed by atoms with Gasteiger partial charge in [-0.25, -0.2) is 32.6 Å². The van der Waals surface area contributed by atoms with E-state index in [2.05, 4.69) is 25.3 Å². The number of amides is 1. The van der Waals surface area contributed by atoms with E-state index >= 15 is 0 Å². The fourth-order valence-corrected chi connectivity index (χ4v) is 5.84. The lowest BCUT2D eigenvalue weighted by molar-refractivity contribution is 0.190. The minimum atomic E-state index is -3.69. The van der Waals surface area contributed by atoms with E-state index in [1.54, 1.807) is 43.0 Å². The zero-order valence-electron chi connectivity index (χ0n) is 20.1. The van der Waals surface area contributed by atoms with Crippen LogP contribution in [0.25, 0.3) is 11.3 Å². The van der Waals surface area contributed by atoms with E-state index in [1.807, 2.05) is 4.90 Å². The summed E-state index contributed by atoms with van der Waals surface area (Å²) in [5, 5.41) is 11.5. The highest BCUT2D eigenvalue weighted by atomic mass is 32.2. The van der Waals surface area contributed by atoms with Crippen LogP contribution in [-0.4, -0.2) is 81.8 Å². The number of aryl methyl sites for hydroxylation is 1. The van der Waals surface area contributed by atoms with Gasteiger partial charge in [-0.3, -0.25) is 4.98 Å². The van der Waals surface area contributed by atoms with Crippen molar-refractivity contribution in [1.29, 1.82) is 0 Å². The average Bonchev–Trinajstić information content (AvgIpc) is 2.89. The first kappa shape index (κ1) is 26.4. The van der Waals surface area contributed by atoms with Gasteiger partial charge < -0.3 is 15.3 Å². The lowest BCUT2D eigenvalue weighted by atomic mass is 10.1. The molecule has 4 rings (SSSR count). The molecule has 0 radical (unpaired) electrons. The van der Waals surface area contributed by atoms with Crippen LogP contribution in [0.4, 0.5) is 15.0 Å². The summed E-state index contributed by atoms with van der Waals surface area (Å²) in [7, 11) is -3.69. The molecule has 196 valence electrons. The van der Waals surface area contributed by atoms with Crippen molar-refractivity contribution in [2.75, 3.05) is 36.8 Å². The molecule has 0 aliphatic carbocycles. The summed E-state index contributed by atoms with van der Waals surface area (Å²) in [4.78, 5) is 30.3. The number of sulfonamides is 1. The van der Waals surface area contributed by atoms with Gasteiger partial charge in [-0.05, 0) is 43.2 Å². The molecule has 1 fully saturated rings. The number of hydrogen-bond acceptors (Lipinski definition) is 8. The van der Waals surface area contributed by atoms with Crippen LogP contribution in [0.2, 0.25) is 0 Å². The van der Waals surface area contributed by atoms with Gasteiger partial charge in [-0.1, -0.05) is 0 Å². The molecule has 1 aliphatic rings. The Labute approximate surface area is 214 Å². The molecule has 0 saturated carbocycles. The number of piperazine rings is 1. The molecule has 3 aromatic rings. The number of anilines is 1. The van der Waals surface area contributed by atoms with Crippen LogP contribution in [0, 0.1) is 5.82 Å². The van der Waals surface area contributed by atoms with Gasteiger partial charge in [0, 0.05) is 56.6 Å². The maximum atomic E-state index is 13.1. The summed E-state index contributed by atoms with van der Waals surface area (Å²) in [6.45, 7) is 1.35. The van der Waals surface area contributed by atoms with E-state index in [0.29, 0.717) is 49.7 Å². The average molecular weight is 530 g/mol. The van der Waals surface area contributed by atoms with E-state index in [1.165, 1.54) is 16.4 Å². The highest BCUT2D eigenvalue weighted by Crippen LogP contribution is 2.20. The van der Waals surface area contributed by atoms with Gasteiger partial charge in [0.2, 0.25) is 10.0 Å². The minimum Gasteiger partial charge on any atom is -0.465 e. The Bertz CT molecular complexity index is 1270. The Kier molecular flexibility index (Phi) is 8.56. The smallest absolute Gasteiger partial charge is 0.404 e. The molecular weight excluding hydrogens is 501 g/mol. The normalized spacial score (nSPS) is 15.3.